The van der Waals surface area contributed by atoms with Gasteiger partial charge in [0.05, 0.1) is 6.61 Å². The van der Waals surface area contributed by atoms with Gasteiger partial charge in [0.15, 0.2) is 0 Å². The van der Waals surface area contributed by atoms with E-state index in [0.717, 1.165) is 18.7 Å². The molecule has 1 atom stereocenters. The van der Waals surface area contributed by atoms with Crippen LogP contribution in [0, 0.1) is 0 Å². The van der Waals surface area contributed by atoms with Crippen molar-refractivity contribution in [2.45, 2.75) is 13.0 Å². The summed E-state index contributed by atoms with van der Waals surface area (Å²) in [5, 5.41) is 6.24. The maximum Gasteiger partial charge on any atom is 0.327 e. The summed E-state index contributed by atoms with van der Waals surface area (Å²) in [5.74, 6) is -0.172. The summed E-state index contributed by atoms with van der Waals surface area (Å²) in [7, 11) is 0. The quantitative estimate of drug-likeness (QED) is 0.604. The maximum absolute atomic E-state index is 11.5. The third kappa shape index (κ3) is 1.53. The Morgan fingerprint density at radius 2 is 2.50 bits per heavy atom. The highest BCUT2D eigenvalue weighted by Crippen LogP contribution is 2.19. The second-order valence-electron chi connectivity index (χ2n) is 3.33. The Bertz CT molecular complexity index is 307. The normalized spacial score (nSPS) is 24.5. The molecule has 4 nitrogen and oxygen atoms in total. The molecule has 4 heteroatoms. The number of ether oxygens (including phenoxy) is 1. The van der Waals surface area contributed by atoms with E-state index in [9.17, 15) is 4.79 Å². The van der Waals surface area contributed by atoms with Gasteiger partial charge in [-0.3, -0.25) is 5.32 Å². The second-order valence-corrected chi connectivity index (χ2v) is 3.33. The molecule has 0 aliphatic carbocycles. The molecule has 14 heavy (non-hydrogen) atoms. The van der Waals surface area contributed by atoms with Gasteiger partial charge in [-0.25, -0.2) is 4.79 Å². The van der Waals surface area contributed by atoms with Crippen molar-refractivity contribution in [3.8, 4) is 0 Å². The highest BCUT2D eigenvalue weighted by atomic mass is 16.5. The lowest BCUT2D eigenvalue weighted by molar-refractivity contribution is -0.144. The monoisotopic (exact) mass is 194 g/mol. The standard InChI is InChI=1S/C10H14N2O2/c1-2-14-10(13)9-8-6-11-4-3-7(8)5-12-9/h3-4,9,11-12H,2,5-6H2,1H3. The molecule has 0 fully saturated rings. The fourth-order valence-corrected chi connectivity index (χ4v) is 1.80. The van der Waals surface area contributed by atoms with Crippen LogP contribution in [0.3, 0.4) is 0 Å². The SMILES string of the molecule is CCOC(=O)C1NCC2=C1CNC=C2. The van der Waals surface area contributed by atoms with Crippen LogP contribution in [0.1, 0.15) is 6.92 Å². The number of hydrogen-bond acceptors (Lipinski definition) is 4. The molecule has 0 spiro atoms. The Labute approximate surface area is 83.0 Å². The lowest BCUT2D eigenvalue weighted by Crippen LogP contribution is -2.37. The van der Waals surface area contributed by atoms with Crippen LogP contribution in [0.25, 0.3) is 0 Å². The molecule has 76 valence electrons. The lowest BCUT2D eigenvalue weighted by atomic mass is 10.0. The zero-order valence-electron chi connectivity index (χ0n) is 8.17. The van der Waals surface area contributed by atoms with E-state index in [4.69, 9.17) is 4.74 Å². The maximum atomic E-state index is 11.5. The molecule has 0 aromatic rings. The first-order valence-electron chi connectivity index (χ1n) is 4.84. The number of hydrogen-bond donors (Lipinski definition) is 2. The van der Waals surface area contributed by atoms with Crippen molar-refractivity contribution in [2.75, 3.05) is 19.7 Å². The van der Waals surface area contributed by atoms with Crippen molar-refractivity contribution < 1.29 is 9.53 Å². The first-order chi connectivity index (χ1) is 6.83. The van der Waals surface area contributed by atoms with Gasteiger partial charge in [-0.2, -0.15) is 0 Å². The second kappa shape index (κ2) is 3.84. The third-order valence-electron chi connectivity index (χ3n) is 2.47. The van der Waals surface area contributed by atoms with Gasteiger partial charge < -0.3 is 10.1 Å². The topological polar surface area (TPSA) is 50.4 Å². The van der Waals surface area contributed by atoms with Gasteiger partial charge in [-0.15, -0.1) is 0 Å². The molecule has 0 saturated carbocycles. The van der Waals surface area contributed by atoms with E-state index in [1.54, 1.807) is 0 Å². The molecule has 2 aliphatic heterocycles. The van der Waals surface area contributed by atoms with E-state index in [-0.39, 0.29) is 12.0 Å². The summed E-state index contributed by atoms with van der Waals surface area (Å²) in [6.07, 6.45) is 3.92. The van der Waals surface area contributed by atoms with Crippen LogP contribution in [0.2, 0.25) is 0 Å². The predicted molar refractivity (Wildman–Crippen MR) is 52.6 cm³/mol. The van der Waals surface area contributed by atoms with E-state index in [2.05, 4.69) is 10.6 Å². The van der Waals surface area contributed by atoms with E-state index < -0.39 is 0 Å². The van der Waals surface area contributed by atoms with Crippen molar-refractivity contribution in [1.82, 2.24) is 10.6 Å². The van der Waals surface area contributed by atoms with Crippen LogP contribution in [-0.4, -0.2) is 31.7 Å². The number of carbonyl (C=O) groups excluding carboxylic acids is 1. The van der Waals surface area contributed by atoms with Gasteiger partial charge in [0, 0.05) is 13.1 Å². The van der Waals surface area contributed by atoms with Gasteiger partial charge >= 0.3 is 5.97 Å². The fourth-order valence-electron chi connectivity index (χ4n) is 1.80. The molecule has 0 saturated heterocycles. The smallest absolute Gasteiger partial charge is 0.327 e. The van der Waals surface area contributed by atoms with Crippen molar-refractivity contribution >= 4 is 5.97 Å². The Hall–Kier alpha value is -1.29. The Morgan fingerprint density at radius 3 is 3.29 bits per heavy atom. The summed E-state index contributed by atoms with van der Waals surface area (Å²) >= 11 is 0. The molecule has 2 heterocycles. The minimum Gasteiger partial charge on any atom is -0.465 e. The van der Waals surface area contributed by atoms with Crippen LogP contribution in [0.15, 0.2) is 23.4 Å². The molecule has 2 aliphatic rings. The van der Waals surface area contributed by atoms with Gasteiger partial charge in [0.1, 0.15) is 6.04 Å². The van der Waals surface area contributed by atoms with E-state index in [1.165, 1.54) is 5.57 Å². The molecule has 0 bridgehead atoms. The fraction of sp³-hybridized carbons (Fsp3) is 0.500. The molecule has 2 rings (SSSR count). The zero-order valence-corrected chi connectivity index (χ0v) is 8.17. The average Bonchev–Trinajstić information content (AvgIpc) is 2.61. The van der Waals surface area contributed by atoms with Crippen molar-refractivity contribution in [3.63, 3.8) is 0 Å². The molecule has 0 aromatic carbocycles. The van der Waals surface area contributed by atoms with E-state index in [1.807, 2.05) is 19.2 Å². The first kappa shape index (κ1) is 9.27. The van der Waals surface area contributed by atoms with Gasteiger partial charge in [-0.05, 0) is 30.3 Å². The Balaban J connectivity index is 2.12. The predicted octanol–water partition coefficient (Wildman–Crippen LogP) is -0.0652. The van der Waals surface area contributed by atoms with Crippen molar-refractivity contribution in [3.05, 3.63) is 23.4 Å². The van der Waals surface area contributed by atoms with Crippen LogP contribution < -0.4 is 10.6 Å². The van der Waals surface area contributed by atoms with Crippen molar-refractivity contribution in [1.29, 1.82) is 0 Å². The zero-order chi connectivity index (χ0) is 9.97. The molecule has 0 aromatic heterocycles. The number of dihydropyridines is 1. The third-order valence-corrected chi connectivity index (χ3v) is 2.47. The van der Waals surface area contributed by atoms with Crippen LogP contribution in [-0.2, 0) is 9.53 Å². The highest BCUT2D eigenvalue weighted by molar-refractivity contribution is 5.81. The molecular weight excluding hydrogens is 180 g/mol. The number of carbonyl (C=O) groups is 1. The van der Waals surface area contributed by atoms with Crippen LogP contribution in [0.4, 0.5) is 0 Å². The summed E-state index contributed by atoms with van der Waals surface area (Å²) < 4.78 is 4.99. The van der Waals surface area contributed by atoms with Crippen LogP contribution >= 0.6 is 0 Å². The number of rotatable bonds is 2. The molecular formula is C10H14N2O2. The Morgan fingerprint density at radius 1 is 1.64 bits per heavy atom. The Kier molecular flexibility index (Phi) is 2.54. The summed E-state index contributed by atoms with van der Waals surface area (Å²) in [6, 6.07) is -0.248. The van der Waals surface area contributed by atoms with E-state index >= 15 is 0 Å². The van der Waals surface area contributed by atoms with E-state index in [0.29, 0.717) is 6.61 Å². The minimum absolute atomic E-state index is 0.172. The molecule has 0 radical (unpaired) electrons. The number of nitrogens with one attached hydrogen (secondary N) is 2. The van der Waals surface area contributed by atoms with Gasteiger partial charge in [0.25, 0.3) is 0 Å². The first-order valence-corrected chi connectivity index (χ1v) is 4.84. The molecule has 2 N–H and O–H groups in total. The molecule has 0 amide bonds. The lowest BCUT2D eigenvalue weighted by Gasteiger charge is -2.16. The number of esters is 1. The average molecular weight is 194 g/mol. The summed E-state index contributed by atoms with van der Waals surface area (Å²) in [6.45, 7) is 3.75. The van der Waals surface area contributed by atoms with Gasteiger partial charge in [-0.1, -0.05) is 0 Å². The summed E-state index contributed by atoms with van der Waals surface area (Å²) in [4.78, 5) is 11.5. The van der Waals surface area contributed by atoms with Crippen molar-refractivity contribution in [2.24, 2.45) is 0 Å². The van der Waals surface area contributed by atoms with Crippen LogP contribution in [0.5, 0.6) is 0 Å². The summed E-state index contributed by atoms with van der Waals surface area (Å²) in [5.41, 5.74) is 2.33. The van der Waals surface area contributed by atoms with Gasteiger partial charge in [0.2, 0.25) is 0 Å². The molecule has 1 unspecified atom stereocenters. The minimum atomic E-state index is -0.248. The highest BCUT2D eigenvalue weighted by Gasteiger charge is 2.31. The largest absolute Gasteiger partial charge is 0.465 e.